The summed E-state index contributed by atoms with van der Waals surface area (Å²) in [4.78, 5) is 27.0. The highest BCUT2D eigenvalue weighted by molar-refractivity contribution is 5.84. The van der Waals surface area contributed by atoms with Crippen LogP contribution in [-0.2, 0) is 9.59 Å². The minimum Gasteiger partial charge on any atom is -0.396 e. The van der Waals surface area contributed by atoms with Gasteiger partial charge in [0.25, 0.3) is 0 Å². The highest BCUT2D eigenvalue weighted by Crippen LogP contribution is 2.35. The summed E-state index contributed by atoms with van der Waals surface area (Å²) < 4.78 is 0. The van der Waals surface area contributed by atoms with Gasteiger partial charge in [-0.2, -0.15) is 0 Å². The van der Waals surface area contributed by atoms with Crippen molar-refractivity contribution in [2.45, 2.75) is 33.1 Å². The standard InChI is InChI=1S/C14H24N2O3/c1-3-4-14(10-17)5-6-15(9-14)13(19)12-7-16(8-12)11(2)18/h12,17H,3-10H2,1-2H3. The van der Waals surface area contributed by atoms with Crippen LogP contribution in [0, 0.1) is 11.3 Å². The number of aliphatic hydroxyl groups excluding tert-OH is 1. The van der Waals surface area contributed by atoms with E-state index >= 15 is 0 Å². The molecular weight excluding hydrogens is 244 g/mol. The van der Waals surface area contributed by atoms with Gasteiger partial charge in [-0.3, -0.25) is 9.59 Å². The highest BCUT2D eigenvalue weighted by Gasteiger charge is 2.43. The Hall–Kier alpha value is -1.10. The SMILES string of the molecule is CCCC1(CO)CCN(C(=O)C2CN(C(C)=O)C2)C1. The Morgan fingerprint density at radius 1 is 1.32 bits per heavy atom. The maximum absolute atomic E-state index is 12.3. The van der Waals surface area contributed by atoms with Gasteiger partial charge in [0.2, 0.25) is 11.8 Å². The number of carbonyl (C=O) groups excluding carboxylic acids is 2. The number of hydrogen-bond donors (Lipinski definition) is 1. The molecule has 1 unspecified atom stereocenters. The van der Waals surface area contributed by atoms with Crippen LogP contribution in [-0.4, -0.2) is 59.5 Å². The second-order valence-corrected chi connectivity index (χ2v) is 6.04. The highest BCUT2D eigenvalue weighted by atomic mass is 16.3. The summed E-state index contributed by atoms with van der Waals surface area (Å²) in [5.41, 5.74) is -0.0889. The fraction of sp³-hybridized carbons (Fsp3) is 0.857. The van der Waals surface area contributed by atoms with Gasteiger partial charge in [0, 0.05) is 38.5 Å². The van der Waals surface area contributed by atoms with E-state index < -0.39 is 0 Å². The molecule has 0 aromatic heterocycles. The largest absolute Gasteiger partial charge is 0.396 e. The van der Waals surface area contributed by atoms with Crippen molar-refractivity contribution in [1.82, 2.24) is 9.80 Å². The lowest BCUT2D eigenvalue weighted by atomic mass is 9.83. The summed E-state index contributed by atoms with van der Waals surface area (Å²) in [6.07, 6.45) is 2.90. The first-order chi connectivity index (χ1) is 9.01. The summed E-state index contributed by atoms with van der Waals surface area (Å²) in [6, 6.07) is 0. The Morgan fingerprint density at radius 3 is 2.53 bits per heavy atom. The lowest BCUT2D eigenvalue weighted by molar-refractivity contribution is -0.147. The van der Waals surface area contributed by atoms with E-state index in [9.17, 15) is 14.7 Å². The molecular formula is C14H24N2O3. The summed E-state index contributed by atoms with van der Waals surface area (Å²) in [5.74, 6) is 0.171. The summed E-state index contributed by atoms with van der Waals surface area (Å²) in [7, 11) is 0. The van der Waals surface area contributed by atoms with Crippen LogP contribution < -0.4 is 0 Å². The van der Waals surface area contributed by atoms with Gasteiger partial charge in [-0.05, 0) is 12.8 Å². The lowest BCUT2D eigenvalue weighted by Gasteiger charge is -2.39. The van der Waals surface area contributed by atoms with Gasteiger partial charge in [0.05, 0.1) is 12.5 Å². The van der Waals surface area contributed by atoms with Crippen LogP contribution >= 0.6 is 0 Å². The quantitative estimate of drug-likeness (QED) is 0.806. The van der Waals surface area contributed by atoms with Crippen LogP contribution in [0.15, 0.2) is 0 Å². The molecule has 19 heavy (non-hydrogen) atoms. The predicted molar refractivity (Wildman–Crippen MR) is 71.4 cm³/mol. The molecule has 0 radical (unpaired) electrons. The molecule has 2 fully saturated rings. The van der Waals surface area contributed by atoms with Crippen molar-refractivity contribution >= 4 is 11.8 Å². The van der Waals surface area contributed by atoms with Gasteiger partial charge < -0.3 is 14.9 Å². The van der Waals surface area contributed by atoms with Gasteiger partial charge >= 0.3 is 0 Å². The van der Waals surface area contributed by atoms with Crippen LogP contribution in [0.5, 0.6) is 0 Å². The lowest BCUT2D eigenvalue weighted by Crippen LogP contribution is -2.55. The molecule has 2 saturated heterocycles. The third-order valence-electron chi connectivity index (χ3n) is 4.54. The van der Waals surface area contributed by atoms with Gasteiger partial charge in [0.15, 0.2) is 0 Å². The molecule has 108 valence electrons. The molecule has 0 aromatic carbocycles. The van der Waals surface area contributed by atoms with Crippen LogP contribution in [0.3, 0.4) is 0 Å². The number of nitrogens with zero attached hydrogens (tertiary/aromatic N) is 2. The first-order valence-electron chi connectivity index (χ1n) is 7.16. The third kappa shape index (κ3) is 2.76. The zero-order valence-electron chi connectivity index (χ0n) is 11.9. The number of likely N-dealkylation sites (tertiary alicyclic amines) is 2. The van der Waals surface area contributed by atoms with Crippen molar-refractivity contribution in [2.24, 2.45) is 11.3 Å². The van der Waals surface area contributed by atoms with Gasteiger partial charge in [-0.1, -0.05) is 13.3 Å². The fourth-order valence-corrected chi connectivity index (χ4v) is 3.22. The summed E-state index contributed by atoms with van der Waals surface area (Å²) in [6.45, 7) is 6.35. The minimum atomic E-state index is -0.0889. The Kier molecular flexibility index (Phi) is 4.13. The zero-order chi connectivity index (χ0) is 14.0. The Labute approximate surface area is 114 Å². The normalized spacial score (nSPS) is 27.5. The van der Waals surface area contributed by atoms with E-state index in [4.69, 9.17) is 0 Å². The van der Waals surface area contributed by atoms with E-state index in [1.54, 1.807) is 4.90 Å². The van der Waals surface area contributed by atoms with E-state index in [0.717, 1.165) is 25.8 Å². The third-order valence-corrected chi connectivity index (χ3v) is 4.54. The summed E-state index contributed by atoms with van der Waals surface area (Å²) >= 11 is 0. The number of hydrogen-bond acceptors (Lipinski definition) is 3. The average Bonchev–Trinajstić information content (AvgIpc) is 2.72. The fourth-order valence-electron chi connectivity index (χ4n) is 3.22. The number of aliphatic hydroxyl groups is 1. The molecule has 5 heteroatoms. The predicted octanol–water partition coefficient (Wildman–Crippen LogP) is 0.476. The molecule has 0 aromatic rings. The molecule has 2 heterocycles. The second-order valence-electron chi connectivity index (χ2n) is 6.04. The number of carbonyl (C=O) groups is 2. The summed E-state index contributed by atoms with van der Waals surface area (Å²) in [5, 5.41) is 9.58. The van der Waals surface area contributed by atoms with E-state index in [1.807, 2.05) is 4.90 Å². The molecule has 5 nitrogen and oxygen atoms in total. The van der Waals surface area contributed by atoms with Crippen LogP contribution in [0.1, 0.15) is 33.1 Å². The first kappa shape index (κ1) is 14.3. The molecule has 2 aliphatic heterocycles. The molecule has 0 aliphatic carbocycles. The van der Waals surface area contributed by atoms with E-state index in [-0.39, 0.29) is 29.8 Å². The Bertz CT molecular complexity index is 366. The van der Waals surface area contributed by atoms with Crippen molar-refractivity contribution in [3.63, 3.8) is 0 Å². The number of amides is 2. The second kappa shape index (κ2) is 5.49. The molecule has 0 saturated carbocycles. The van der Waals surface area contributed by atoms with Crippen LogP contribution in [0.2, 0.25) is 0 Å². The topological polar surface area (TPSA) is 60.9 Å². The van der Waals surface area contributed by atoms with Crippen molar-refractivity contribution in [3.8, 4) is 0 Å². The zero-order valence-corrected chi connectivity index (χ0v) is 11.9. The number of rotatable bonds is 4. The molecule has 1 atom stereocenters. The molecule has 2 aliphatic rings. The van der Waals surface area contributed by atoms with Crippen LogP contribution in [0.25, 0.3) is 0 Å². The molecule has 2 rings (SSSR count). The first-order valence-corrected chi connectivity index (χ1v) is 7.16. The maximum atomic E-state index is 12.3. The Balaban J connectivity index is 1.87. The monoisotopic (exact) mass is 268 g/mol. The maximum Gasteiger partial charge on any atom is 0.229 e. The van der Waals surface area contributed by atoms with Crippen molar-refractivity contribution in [3.05, 3.63) is 0 Å². The molecule has 1 N–H and O–H groups in total. The minimum absolute atomic E-state index is 0.0278. The molecule has 0 spiro atoms. The average molecular weight is 268 g/mol. The van der Waals surface area contributed by atoms with E-state index in [2.05, 4.69) is 6.92 Å². The van der Waals surface area contributed by atoms with Crippen molar-refractivity contribution < 1.29 is 14.7 Å². The molecule has 2 amide bonds. The van der Waals surface area contributed by atoms with E-state index in [0.29, 0.717) is 19.6 Å². The Morgan fingerprint density at radius 2 is 2.00 bits per heavy atom. The van der Waals surface area contributed by atoms with Gasteiger partial charge in [-0.25, -0.2) is 0 Å². The van der Waals surface area contributed by atoms with Gasteiger partial charge in [0.1, 0.15) is 0 Å². The molecule has 0 bridgehead atoms. The van der Waals surface area contributed by atoms with Gasteiger partial charge in [-0.15, -0.1) is 0 Å². The smallest absolute Gasteiger partial charge is 0.229 e. The van der Waals surface area contributed by atoms with Crippen molar-refractivity contribution in [1.29, 1.82) is 0 Å². The van der Waals surface area contributed by atoms with Crippen molar-refractivity contribution in [2.75, 3.05) is 32.8 Å². The van der Waals surface area contributed by atoms with E-state index in [1.165, 1.54) is 6.92 Å². The van der Waals surface area contributed by atoms with Crippen LogP contribution in [0.4, 0.5) is 0 Å².